The average molecular weight is 437 g/mol. The molecule has 0 aliphatic carbocycles. The molecule has 2 N–H and O–H groups in total. The minimum absolute atomic E-state index is 0.0930. The van der Waals surface area contributed by atoms with Gasteiger partial charge in [-0.15, -0.1) is 0 Å². The van der Waals surface area contributed by atoms with Crippen LogP contribution in [0, 0.1) is 11.3 Å². The molecule has 0 saturated heterocycles. The first-order valence-corrected chi connectivity index (χ1v) is 8.63. The highest BCUT2D eigenvalue weighted by atomic mass is 35.5. The maximum absolute atomic E-state index is 12.7. The summed E-state index contributed by atoms with van der Waals surface area (Å²) in [6.07, 6.45) is -1.20. The Balaban J connectivity index is 1.71. The first-order chi connectivity index (χ1) is 14.2. The standard InChI is InChI=1S/C17H12ClF3N8O/c1-9(15-25-8-26-29(15)14-3-2-10(5-22)6-24-14)27-16(30)28-12-7-23-13(4-11(12)18)17(19,20)21/h2-4,6-9H,1H3,(H2,27,28,30)/t9-/m0/s1. The van der Waals surface area contributed by atoms with Gasteiger partial charge in [0.2, 0.25) is 0 Å². The van der Waals surface area contributed by atoms with E-state index in [4.69, 9.17) is 16.9 Å². The number of nitriles is 1. The van der Waals surface area contributed by atoms with Gasteiger partial charge in [-0.25, -0.2) is 19.7 Å². The highest BCUT2D eigenvalue weighted by Crippen LogP contribution is 2.31. The summed E-state index contributed by atoms with van der Waals surface area (Å²) in [4.78, 5) is 23.7. The molecule has 154 valence electrons. The zero-order chi connectivity index (χ0) is 21.9. The topological polar surface area (TPSA) is 121 Å². The number of nitrogens with one attached hydrogen (secondary N) is 2. The highest BCUT2D eigenvalue weighted by molar-refractivity contribution is 6.33. The normalized spacial score (nSPS) is 12.1. The summed E-state index contributed by atoms with van der Waals surface area (Å²) in [5, 5.41) is 17.5. The molecule has 3 aromatic rings. The second-order valence-electron chi connectivity index (χ2n) is 5.91. The second-order valence-corrected chi connectivity index (χ2v) is 6.32. The zero-order valence-electron chi connectivity index (χ0n) is 15.1. The summed E-state index contributed by atoms with van der Waals surface area (Å²) in [7, 11) is 0. The maximum Gasteiger partial charge on any atom is 0.433 e. The Bertz CT molecular complexity index is 1110. The van der Waals surface area contributed by atoms with Gasteiger partial charge in [-0.2, -0.15) is 28.2 Å². The lowest BCUT2D eigenvalue weighted by Gasteiger charge is -2.15. The smallest absolute Gasteiger partial charge is 0.328 e. The van der Waals surface area contributed by atoms with Crippen LogP contribution >= 0.6 is 11.6 Å². The third-order valence-corrected chi connectivity index (χ3v) is 4.11. The van der Waals surface area contributed by atoms with Gasteiger partial charge in [0.15, 0.2) is 11.6 Å². The lowest BCUT2D eigenvalue weighted by Crippen LogP contribution is -2.32. The van der Waals surface area contributed by atoms with Crippen molar-refractivity contribution in [1.82, 2.24) is 30.0 Å². The fraction of sp³-hybridized carbons (Fsp3) is 0.176. The molecule has 3 aromatic heterocycles. The van der Waals surface area contributed by atoms with E-state index in [0.717, 1.165) is 6.20 Å². The molecule has 0 bridgehead atoms. The number of urea groups is 1. The third kappa shape index (κ3) is 4.64. The van der Waals surface area contributed by atoms with Gasteiger partial charge in [-0.1, -0.05) is 11.6 Å². The molecule has 3 rings (SSSR count). The number of carbonyl (C=O) groups excluding carboxylic acids is 1. The van der Waals surface area contributed by atoms with Crippen molar-refractivity contribution in [1.29, 1.82) is 5.26 Å². The molecule has 0 aliphatic rings. The van der Waals surface area contributed by atoms with E-state index in [-0.39, 0.29) is 10.7 Å². The van der Waals surface area contributed by atoms with Gasteiger partial charge in [0.1, 0.15) is 18.1 Å². The number of amides is 2. The quantitative estimate of drug-likeness (QED) is 0.645. The Kier molecular flexibility index (Phi) is 5.84. The molecular weight excluding hydrogens is 425 g/mol. The van der Waals surface area contributed by atoms with E-state index in [1.54, 1.807) is 19.1 Å². The molecule has 0 spiro atoms. The molecule has 0 saturated carbocycles. The maximum atomic E-state index is 12.7. The Morgan fingerprint density at radius 2 is 2.03 bits per heavy atom. The highest BCUT2D eigenvalue weighted by Gasteiger charge is 2.33. The lowest BCUT2D eigenvalue weighted by molar-refractivity contribution is -0.141. The zero-order valence-corrected chi connectivity index (χ0v) is 15.9. The molecule has 0 aliphatic heterocycles. The van der Waals surface area contributed by atoms with Crippen LogP contribution in [0.1, 0.15) is 30.0 Å². The van der Waals surface area contributed by atoms with Crippen LogP contribution in [0.25, 0.3) is 5.82 Å². The van der Waals surface area contributed by atoms with Gasteiger partial charge in [0.05, 0.1) is 28.5 Å². The molecule has 0 fully saturated rings. The van der Waals surface area contributed by atoms with Crippen LogP contribution in [0.15, 0.2) is 36.9 Å². The fourth-order valence-corrected chi connectivity index (χ4v) is 2.60. The molecule has 1 atom stereocenters. The van der Waals surface area contributed by atoms with Crippen molar-refractivity contribution in [2.75, 3.05) is 5.32 Å². The molecule has 13 heteroatoms. The SMILES string of the molecule is C[C@H](NC(=O)Nc1cnc(C(F)(F)F)cc1Cl)c1ncnn1-c1ccc(C#N)cn1. The molecular formula is C17H12ClF3N8O. The average Bonchev–Trinajstić information content (AvgIpc) is 3.19. The lowest BCUT2D eigenvalue weighted by atomic mass is 10.3. The van der Waals surface area contributed by atoms with Gasteiger partial charge in [-0.05, 0) is 25.1 Å². The number of aromatic nitrogens is 5. The van der Waals surface area contributed by atoms with Gasteiger partial charge >= 0.3 is 12.2 Å². The minimum atomic E-state index is -4.65. The molecule has 30 heavy (non-hydrogen) atoms. The van der Waals surface area contributed by atoms with Crippen molar-refractivity contribution in [3.63, 3.8) is 0 Å². The molecule has 0 radical (unpaired) electrons. The summed E-state index contributed by atoms with van der Waals surface area (Å²) in [6, 6.07) is 4.29. The van der Waals surface area contributed by atoms with Crippen molar-refractivity contribution >= 4 is 23.3 Å². The number of halogens is 4. The van der Waals surface area contributed by atoms with Gasteiger partial charge in [0, 0.05) is 6.20 Å². The Morgan fingerprint density at radius 3 is 2.63 bits per heavy atom. The molecule has 0 aromatic carbocycles. The largest absolute Gasteiger partial charge is 0.433 e. The Morgan fingerprint density at radius 1 is 1.27 bits per heavy atom. The van der Waals surface area contributed by atoms with E-state index in [2.05, 4.69) is 30.7 Å². The van der Waals surface area contributed by atoms with Crippen molar-refractivity contribution in [3.8, 4) is 11.9 Å². The van der Waals surface area contributed by atoms with Crippen molar-refractivity contribution in [2.45, 2.75) is 19.1 Å². The van der Waals surface area contributed by atoms with Gasteiger partial charge in [-0.3, -0.25) is 0 Å². The summed E-state index contributed by atoms with van der Waals surface area (Å²) in [6.45, 7) is 1.62. The van der Waals surface area contributed by atoms with Gasteiger partial charge < -0.3 is 10.6 Å². The number of nitrogens with zero attached hydrogens (tertiary/aromatic N) is 6. The Labute approximate surface area is 172 Å². The predicted octanol–water partition coefficient (Wildman–Crippen LogP) is 3.48. The van der Waals surface area contributed by atoms with Crippen molar-refractivity contribution in [2.24, 2.45) is 0 Å². The first kappa shape index (κ1) is 21.0. The van der Waals surface area contributed by atoms with Crippen LogP contribution in [-0.4, -0.2) is 30.8 Å². The van der Waals surface area contributed by atoms with E-state index in [1.165, 1.54) is 17.2 Å². The van der Waals surface area contributed by atoms with E-state index in [9.17, 15) is 18.0 Å². The first-order valence-electron chi connectivity index (χ1n) is 8.25. The van der Waals surface area contributed by atoms with Crippen LogP contribution in [0.2, 0.25) is 5.02 Å². The van der Waals surface area contributed by atoms with E-state index in [0.29, 0.717) is 23.3 Å². The van der Waals surface area contributed by atoms with Crippen LogP contribution in [0.4, 0.5) is 23.7 Å². The molecule has 0 unspecified atom stereocenters. The van der Waals surface area contributed by atoms with Gasteiger partial charge in [0.25, 0.3) is 0 Å². The monoisotopic (exact) mass is 436 g/mol. The summed E-state index contributed by atoms with van der Waals surface area (Å²) >= 11 is 5.81. The van der Waals surface area contributed by atoms with Crippen LogP contribution < -0.4 is 10.6 Å². The third-order valence-electron chi connectivity index (χ3n) is 3.80. The van der Waals surface area contributed by atoms with E-state index >= 15 is 0 Å². The van der Waals surface area contributed by atoms with Crippen molar-refractivity contribution in [3.05, 3.63) is 59.0 Å². The number of hydrogen-bond donors (Lipinski definition) is 2. The predicted molar refractivity (Wildman–Crippen MR) is 98.7 cm³/mol. The Hall–Kier alpha value is -3.72. The van der Waals surface area contributed by atoms with E-state index < -0.39 is 23.9 Å². The summed E-state index contributed by atoms with van der Waals surface area (Å²) < 4.78 is 39.3. The number of anilines is 1. The fourth-order valence-electron chi connectivity index (χ4n) is 2.40. The number of carbonyl (C=O) groups is 1. The van der Waals surface area contributed by atoms with Crippen LogP contribution in [0.3, 0.4) is 0 Å². The minimum Gasteiger partial charge on any atom is -0.328 e. The second kappa shape index (κ2) is 8.34. The number of hydrogen-bond acceptors (Lipinski definition) is 6. The van der Waals surface area contributed by atoms with E-state index in [1.807, 2.05) is 6.07 Å². The van der Waals surface area contributed by atoms with Crippen LogP contribution in [-0.2, 0) is 6.18 Å². The number of rotatable bonds is 4. The molecule has 2 amide bonds. The van der Waals surface area contributed by atoms with Crippen molar-refractivity contribution < 1.29 is 18.0 Å². The number of pyridine rings is 2. The molecule has 3 heterocycles. The summed E-state index contributed by atoms with van der Waals surface area (Å²) in [5.74, 6) is 0.713. The summed E-state index contributed by atoms with van der Waals surface area (Å²) in [5.41, 5.74) is -0.896. The molecule has 9 nitrogen and oxygen atoms in total. The number of alkyl halides is 3. The van der Waals surface area contributed by atoms with Crippen LogP contribution in [0.5, 0.6) is 0 Å².